The fourth-order valence-corrected chi connectivity index (χ4v) is 5.24. The number of hydrogen-bond acceptors (Lipinski definition) is 6. The minimum Gasteiger partial charge on any atom is -0.622 e. The molecule has 2 fully saturated rings. The second kappa shape index (κ2) is 4.52. The number of aryl methyl sites for hydroxylation is 1. The fourth-order valence-electron chi connectivity index (χ4n) is 5.24. The quantitative estimate of drug-likeness (QED) is 0.566. The standard InChI is InChI=1S/C15H20N4O3/c20-19-12-4-3-11-14(17-22-16-11)13(12)10-2-1-5-15(10,19)18-6-8-21-9-7-18/h10,13H,1-9H2. The van der Waals surface area contributed by atoms with E-state index >= 15 is 0 Å². The zero-order valence-electron chi connectivity index (χ0n) is 12.5. The smallest absolute Gasteiger partial charge is 0.233 e. The summed E-state index contributed by atoms with van der Waals surface area (Å²) in [7, 11) is 0. The Bertz CT molecular complexity index is 636. The monoisotopic (exact) mass is 304 g/mol. The third kappa shape index (κ3) is 1.46. The molecule has 1 aromatic heterocycles. The number of hydroxylamine groups is 1. The van der Waals surface area contributed by atoms with Crippen LogP contribution in [0, 0.1) is 11.1 Å². The molecule has 0 aromatic carbocycles. The summed E-state index contributed by atoms with van der Waals surface area (Å²) in [5.41, 5.74) is 2.49. The van der Waals surface area contributed by atoms with E-state index in [1.54, 1.807) is 0 Å². The number of ether oxygens (including phenoxy) is 1. The van der Waals surface area contributed by atoms with E-state index < -0.39 is 0 Å². The highest BCUT2D eigenvalue weighted by molar-refractivity contribution is 5.90. The Morgan fingerprint density at radius 3 is 2.95 bits per heavy atom. The van der Waals surface area contributed by atoms with Crippen molar-refractivity contribution in [2.75, 3.05) is 26.3 Å². The molecule has 7 nitrogen and oxygen atoms in total. The summed E-state index contributed by atoms with van der Waals surface area (Å²) in [6.45, 7) is 3.14. The molecule has 0 radical (unpaired) electrons. The molecule has 3 atom stereocenters. The molecule has 3 unspecified atom stereocenters. The maximum Gasteiger partial charge on any atom is 0.233 e. The maximum atomic E-state index is 13.3. The molecule has 0 bridgehead atoms. The average Bonchev–Trinajstić information content (AvgIpc) is 3.24. The van der Waals surface area contributed by atoms with Gasteiger partial charge in [-0.2, -0.15) is 4.74 Å². The average molecular weight is 304 g/mol. The Kier molecular flexibility index (Phi) is 2.67. The minimum absolute atomic E-state index is 0.109. The van der Waals surface area contributed by atoms with Gasteiger partial charge >= 0.3 is 0 Å². The lowest BCUT2D eigenvalue weighted by atomic mass is 9.77. The van der Waals surface area contributed by atoms with E-state index in [4.69, 9.17) is 9.37 Å². The molecule has 5 rings (SSSR count). The molecule has 2 aliphatic carbocycles. The SMILES string of the molecule is [O-][N+]1=C2CCc3nonc3C2C2CCCC21N1CCOCC1. The van der Waals surface area contributed by atoms with E-state index in [2.05, 4.69) is 15.2 Å². The third-order valence-electron chi connectivity index (χ3n) is 6.08. The van der Waals surface area contributed by atoms with E-state index in [0.29, 0.717) is 5.92 Å². The van der Waals surface area contributed by atoms with Crippen molar-refractivity contribution < 1.29 is 14.1 Å². The Hall–Kier alpha value is -1.47. The molecular weight excluding hydrogens is 284 g/mol. The van der Waals surface area contributed by atoms with Gasteiger partial charge in [-0.3, -0.25) is 0 Å². The van der Waals surface area contributed by atoms with Gasteiger partial charge in [-0.25, -0.2) is 9.53 Å². The van der Waals surface area contributed by atoms with Gasteiger partial charge in [0.15, 0.2) is 5.71 Å². The van der Waals surface area contributed by atoms with E-state index in [1.807, 2.05) is 0 Å². The summed E-state index contributed by atoms with van der Waals surface area (Å²) in [6, 6.07) is 0. The van der Waals surface area contributed by atoms with Gasteiger partial charge < -0.3 is 9.94 Å². The number of morpholine rings is 1. The molecule has 1 aromatic rings. The van der Waals surface area contributed by atoms with Crippen molar-refractivity contribution in [2.24, 2.45) is 5.92 Å². The van der Waals surface area contributed by atoms with E-state index in [1.165, 1.54) is 4.74 Å². The van der Waals surface area contributed by atoms with Gasteiger partial charge in [0.2, 0.25) is 5.66 Å². The van der Waals surface area contributed by atoms with Crippen LogP contribution in [0.2, 0.25) is 0 Å². The zero-order chi connectivity index (χ0) is 14.7. The Labute approximate surface area is 128 Å². The number of hydrogen-bond donors (Lipinski definition) is 0. The van der Waals surface area contributed by atoms with Crippen molar-refractivity contribution in [3.8, 4) is 0 Å². The lowest BCUT2D eigenvalue weighted by Gasteiger charge is -2.41. The van der Waals surface area contributed by atoms with Crippen LogP contribution in [0.1, 0.15) is 43.0 Å². The van der Waals surface area contributed by atoms with Crippen molar-refractivity contribution >= 4 is 5.71 Å². The van der Waals surface area contributed by atoms with Crippen molar-refractivity contribution in [3.05, 3.63) is 16.6 Å². The summed E-state index contributed by atoms with van der Waals surface area (Å²) in [5, 5.41) is 21.5. The first-order chi connectivity index (χ1) is 10.8. The largest absolute Gasteiger partial charge is 0.622 e. The molecule has 2 aliphatic heterocycles. The predicted molar refractivity (Wildman–Crippen MR) is 76.5 cm³/mol. The van der Waals surface area contributed by atoms with E-state index in [-0.39, 0.29) is 11.6 Å². The van der Waals surface area contributed by atoms with Crippen molar-refractivity contribution in [1.82, 2.24) is 15.2 Å². The van der Waals surface area contributed by atoms with Gasteiger partial charge in [0, 0.05) is 32.4 Å². The highest BCUT2D eigenvalue weighted by Gasteiger charge is 2.66. The molecule has 1 saturated heterocycles. The molecule has 0 spiro atoms. The molecule has 0 amide bonds. The zero-order valence-corrected chi connectivity index (χ0v) is 12.5. The van der Waals surface area contributed by atoms with Crippen LogP contribution in [-0.2, 0) is 11.2 Å². The molecule has 22 heavy (non-hydrogen) atoms. The Balaban J connectivity index is 1.63. The molecular formula is C15H20N4O3. The van der Waals surface area contributed by atoms with Crippen molar-refractivity contribution in [2.45, 2.75) is 43.7 Å². The molecule has 3 heterocycles. The van der Waals surface area contributed by atoms with Crippen LogP contribution in [-0.4, -0.2) is 57.6 Å². The first-order valence-electron chi connectivity index (χ1n) is 8.29. The molecule has 4 aliphatic rings. The first-order valence-corrected chi connectivity index (χ1v) is 8.29. The fraction of sp³-hybridized carbons (Fsp3) is 0.800. The normalized spacial score (nSPS) is 38.0. The lowest BCUT2D eigenvalue weighted by molar-refractivity contribution is -0.583. The summed E-state index contributed by atoms with van der Waals surface area (Å²) in [6.07, 6.45) is 4.69. The van der Waals surface area contributed by atoms with Crippen LogP contribution < -0.4 is 0 Å². The highest BCUT2D eigenvalue weighted by Crippen LogP contribution is 2.54. The number of fused-ring (bicyclic) bond motifs is 5. The molecule has 0 N–H and O–H groups in total. The third-order valence-corrected chi connectivity index (χ3v) is 6.08. The van der Waals surface area contributed by atoms with Crippen molar-refractivity contribution in [1.29, 1.82) is 0 Å². The van der Waals surface area contributed by atoms with Gasteiger partial charge in [0.05, 0.1) is 25.0 Å². The van der Waals surface area contributed by atoms with Crippen LogP contribution in [0.25, 0.3) is 0 Å². The Morgan fingerprint density at radius 2 is 2.09 bits per heavy atom. The van der Waals surface area contributed by atoms with Gasteiger partial charge in [-0.15, -0.1) is 0 Å². The van der Waals surface area contributed by atoms with Gasteiger partial charge in [-0.1, -0.05) is 10.3 Å². The summed E-state index contributed by atoms with van der Waals surface area (Å²) >= 11 is 0. The van der Waals surface area contributed by atoms with Gasteiger partial charge in [0.1, 0.15) is 11.4 Å². The molecule has 7 heteroatoms. The van der Waals surface area contributed by atoms with Crippen LogP contribution in [0.4, 0.5) is 0 Å². The van der Waals surface area contributed by atoms with Crippen LogP contribution >= 0.6 is 0 Å². The lowest BCUT2D eigenvalue weighted by Crippen LogP contribution is -2.59. The minimum atomic E-state index is -0.385. The summed E-state index contributed by atoms with van der Waals surface area (Å²) < 4.78 is 11.8. The second-order valence-corrected chi connectivity index (χ2v) is 6.84. The van der Waals surface area contributed by atoms with E-state index in [0.717, 1.165) is 75.5 Å². The van der Waals surface area contributed by atoms with Crippen LogP contribution in [0.15, 0.2) is 4.63 Å². The summed E-state index contributed by atoms with van der Waals surface area (Å²) in [5.74, 6) is 0.418. The summed E-state index contributed by atoms with van der Waals surface area (Å²) in [4.78, 5) is 2.37. The van der Waals surface area contributed by atoms with Crippen LogP contribution in [0.3, 0.4) is 0 Å². The maximum absolute atomic E-state index is 13.3. The van der Waals surface area contributed by atoms with Crippen LogP contribution in [0.5, 0.6) is 0 Å². The topological polar surface area (TPSA) is 77.5 Å². The number of rotatable bonds is 1. The first kappa shape index (κ1) is 13.0. The highest BCUT2D eigenvalue weighted by atomic mass is 16.6. The number of nitrogens with zero attached hydrogens (tertiary/aromatic N) is 4. The number of aromatic nitrogens is 2. The van der Waals surface area contributed by atoms with Gasteiger partial charge in [-0.05, 0) is 12.8 Å². The van der Waals surface area contributed by atoms with E-state index in [9.17, 15) is 5.21 Å². The van der Waals surface area contributed by atoms with Crippen molar-refractivity contribution in [3.63, 3.8) is 0 Å². The molecule has 1 saturated carbocycles. The molecule has 118 valence electrons. The van der Waals surface area contributed by atoms with Gasteiger partial charge in [0.25, 0.3) is 0 Å². The second-order valence-electron chi connectivity index (χ2n) is 6.84. The Morgan fingerprint density at radius 1 is 1.23 bits per heavy atom. The predicted octanol–water partition coefficient (Wildman–Crippen LogP) is 0.893.